The summed E-state index contributed by atoms with van der Waals surface area (Å²) in [4.78, 5) is 28.1. The first-order valence-corrected chi connectivity index (χ1v) is 8.67. The number of nitrogens with zero attached hydrogens (tertiary/aromatic N) is 3. The van der Waals surface area contributed by atoms with Crippen molar-refractivity contribution < 1.29 is 13.9 Å². The van der Waals surface area contributed by atoms with E-state index in [0.717, 1.165) is 26.2 Å². The van der Waals surface area contributed by atoms with Crippen LogP contribution in [-0.2, 0) is 4.74 Å². The average Bonchev–Trinajstić information content (AvgIpc) is 2.60. The number of hydrogen-bond donors (Lipinski definition) is 0. The Hall–Kier alpha value is -1.99. The third-order valence-electron chi connectivity index (χ3n) is 5.44. The fourth-order valence-corrected chi connectivity index (χ4v) is 3.97. The second-order valence-electron chi connectivity index (χ2n) is 7.12. The molecule has 134 valence electrons. The van der Waals surface area contributed by atoms with E-state index < -0.39 is 17.6 Å². The topological polar surface area (TPSA) is 54.8 Å². The number of aldehydes is 1. The quantitative estimate of drug-likeness (QED) is 0.650. The fourth-order valence-electron chi connectivity index (χ4n) is 3.97. The summed E-state index contributed by atoms with van der Waals surface area (Å²) in [7, 11) is 2.05. The van der Waals surface area contributed by atoms with Crippen molar-refractivity contribution in [3.05, 3.63) is 32.6 Å². The van der Waals surface area contributed by atoms with E-state index in [1.807, 2.05) is 11.5 Å². The van der Waals surface area contributed by atoms with Gasteiger partial charge in [-0.05, 0) is 20.0 Å². The van der Waals surface area contributed by atoms with Crippen molar-refractivity contribution in [1.29, 1.82) is 0 Å². The zero-order valence-electron chi connectivity index (χ0n) is 14.4. The van der Waals surface area contributed by atoms with Gasteiger partial charge in [0.1, 0.15) is 24.6 Å². The number of alkyl halides is 1. The molecule has 0 saturated carbocycles. The molecule has 1 fully saturated rings. The van der Waals surface area contributed by atoms with Crippen LogP contribution in [0.15, 0.2) is 11.0 Å². The van der Waals surface area contributed by atoms with Crippen LogP contribution in [-0.4, -0.2) is 72.7 Å². The number of ether oxygens (including phenoxy) is 1. The highest BCUT2D eigenvalue weighted by molar-refractivity contribution is 5.74. The first-order chi connectivity index (χ1) is 12.0. The van der Waals surface area contributed by atoms with Gasteiger partial charge >= 0.3 is 0 Å². The Bertz CT molecular complexity index is 886. The zero-order chi connectivity index (χ0) is 17.7. The van der Waals surface area contributed by atoms with Gasteiger partial charge in [-0.15, -0.1) is 0 Å². The van der Waals surface area contributed by atoms with Crippen LogP contribution in [0.3, 0.4) is 0 Å². The molecule has 1 aliphatic carbocycles. The summed E-state index contributed by atoms with van der Waals surface area (Å²) in [6.07, 6.45) is 2.16. The van der Waals surface area contributed by atoms with E-state index in [2.05, 4.69) is 16.8 Å². The minimum Gasteiger partial charge on any atom is -0.492 e. The standard InChI is InChI=1S/C18H22FN3O3/c1-11-10-25-18-15-13(17(24)12(9-23)8-22(11)15)7-14(19)16(18)21-5-3-20(2)4-6-21/h7-9,11,14,16H,3-6,10H2,1-2H3. The highest BCUT2D eigenvalue weighted by Gasteiger charge is 2.38. The summed E-state index contributed by atoms with van der Waals surface area (Å²) in [5.41, 5.74) is -0.357. The first kappa shape index (κ1) is 16.5. The van der Waals surface area contributed by atoms with Gasteiger partial charge in [-0.2, -0.15) is 0 Å². The number of halogens is 1. The van der Waals surface area contributed by atoms with E-state index in [9.17, 15) is 9.59 Å². The van der Waals surface area contributed by atoms with Crippen LogP contribution in [0.1, 0.15) is 23.3 Å². The van der Waals surface area contributed by atoms with Gasteiger partial charge in [0, 0.05) is 37.6 Å². The van der Waals surface area contributed by atoms with Crippen LogP contribution >= 0.6 is 0 Å². The number of hydrogen-bond acceptors (Lipinski definition) is 5. The molecule has 1 aromatic rings. The molecule has 0 aromatic carbocycles. The molecule has 2 aliphatic heterocycles. The van der Waals surface area contributed by atoms with Crippen molar-refractivity contribution in [2.45, 2.75) is 25.2 Å². The van der Waals surface area contributed by atoms with Crippen LogP contribution in [0.2, 0.25) is 0 Å². The molecule has 25 heavy (non-hydrogen) atoms. The van der Waals surface area contributed by atoms with Crippen molar-refractivity contribution in [1.82, 2.24) is 14.4 Å². The molecule has 0 spiro atoms. The SMILES string of the molecule is CC1COC2=c3c(c(=O)c(C=O)cn31)=CC(F)C2N1CCN(C)CC1. The molecule has 1 aromatic heterocycles. The van der Waals surface area contributed by atoms with E-state index in [-0.39, 0.29) is 16.8 Å². The summed E-state index contributed by atoms with van der Waals surface area (Å²) < 4.78 is 22.9. The fraction of sp³-hybridized carbons (Fsp3) is 0.556. The number of aromatic nitrogens is 1. The second-order valence-corrected chi connectivity index (χ2v) is 7.12. The molecule has 0 radical (unpaired) electrons. The molecule has 4 rings (SSSR count). The summed E-state index contributed by atoms with van der Waals surface area (Å²) in [6.45, 7) is 5.61. The molecular formula is C18H22FN3O3. The van der Waals surface area contributed by atoms with Gasteiger partial charge in [0.25, 0.3) is 0 Å². The highest BCUT2D eigenvalue weighted by atomic mass is 19.1. The van der Waals surface area contributed by atoms with Gasteiger partial charge in [-0.3, -0.25) is 14.5 Å². The predicted molar refractivity (Wildman–Crippen MR) is 91.6 cm³/mol. The van der Waals surface area contributed by atoms with Crippen molar-refractivity contribution in [2.75, 3.05) is 39.8 Å². The van der Waals surface area contributed by atoms with Gasteiger partial charge in [0.15, 0.2) is 11.7 Å². The molecule has 0 N–H and O–H groups in total. The van der Waals surface area contributed by atoms with Crippen LogP contribution in [0.25, 0.3) is 11.8 Å². The Morgan fingerprint density at radius 1 is 1.28 bits per heavy atom. The van der Waals surface area contributed by atoms with Crippen molar-refractivity contribution in [2.24, 2.45) is 0 Å². The van der Waals surface area contributed by atoms with Gasteiger partial charge in [0.05, 0.1) is 17.0 Å². The molecule has 7 heteroatoms. The van der Waals surface area contributed by atoms with Crippen LogP contribution in [0.4, 0.5) is 4.39 Å². The molecule has 3 heterocycles. The van der Waals surface area contributed by atoms with Crippen LogP contribution < -0.4 is 16.0 Å². The first-order valence-electron chi connectivity index (χ1n) is 8.67. The van der Waals surface area contributed by atoms with E-state index in [4.69, 9.17) is 4.74 Å². The Kier molecular flexibility index (Phi) is 4.00. The second kappa shape index (κ2) is 6.07. The average molecular weight is 347 g/mol. The minimum atomic E-state index is -1.33. The van der Waals surface area contributed by atoms with Gasteiger partial charge < -0.3 is 14.2 Å². The van der Waals surface area contributed by atoms with E-state index in [1.165, 1.54) is 6.08 Å². The Morgan fingerprint density at radius 3 is 2.68 bits per heavy atom. The molecule has 3 aliphatic rings. The lowest BCUT2D eigenvalue weighted by molar-refractivity contribution is 0.0739. The normalized spacial score (nSPS) is 29.6. The molecule has 0 amide bonds. The van der Waals surface area contributed by atoms with Crippen LogP contribution in [0, 0.1) is 0 Å². The maximum atomic E-state index is 15.1. The third kappa shape index (κ3) is 2.53. The number of carbonyl (C=O) groups is 1. The molecule has 0 bridgehead atoms. The number of rotatable bonds is 2. The highest BCUT2D eigenvalue weighted by Crippen LogP contribution is 2.25. The number of pyridine rings is 1. The van der Waals surface area contributed by atoms with Crippen molar-refractivity contribution in [3.8, 4) is 0 Å². The Balaban J connectivity index is 1.93. The monoisotopic (exact) mass is 347 g/mol. The van der Waals surface area contributed by atoms with E-state index >= 15 is 4.39 Å². The van der Waals surface area contributed by atoms with Gasteiger partial charge in [0.2, 0.25) is 0 Å². The predicted octanol–water partition coefficient (Wildman–Crippen LogP) is -0.892. The van der Waals surface area contributed by atoms with Crippen molar-refractivity contribution >= 4 is 18.1 Å². The molecule has 1 saturated heterocycles. The molecular weight excluding hydrogens is 325 g/mol. The van der Waals surface area contributed by atoms with Gasteiger partial charge in [-0.1, -0.05) is 0 Å². The smallest absolute Gasteiger partial charge is 0.199 e. The molecule has 3 unspecified atom stereocenters. The zero-order valence-corrected chi connectivity index (χ0v) is 14.4. The maximum Gasteiger partial charge on any atom is 0.199 e. The summed E-state index contributed by atoms with van der Waals surface area (Å²) in [5.74, 6) is 0.530. The lowest BCUT2D eigenvalue weighted by atomic mass is 9.97. The van der Waals surface area contributed by atoms with E-state index in [0.29, 0.717) is 24.0 Å². The largest absolute Gasteiger partial charge is 0.492 e. The number of piperazine rings is 1. The third-order valence-corrected chi connectivity index (χ3v) is 5.44. The Labute approximate surface area is 144 Å². The number of carbonyl (C=O) groups excluding carboxylic acids is 1. The lowest BCUT2D eigenvalue weighted by Gasteiger charge is -2.41. The minimum absolute atomic E-state index is 0.0190. The molecule has 6 nitrogen and oxygen atoms in total. The summed E-state index contributed by atoms with van der Waals surface area (Å²) in [5, 5.41) is 0.885. The number of likely N-dealkylation sites (N-methyl/N-ethyl adjacent to an activating group) is 1. The van der Waals surface area contributed by atoms with Crippen molar-refractivity contribution in [3.63, 3.8) is 0 Å². The Morgan fingerprint density at radius 2 is 2.00 bits per heavy atom. The van der Waals surface area contributed by atoms with E-state index in [1.54, 1.807) is 6.20 Å². The van der Waals surface area contributed by atoms with Gasteiger partial charge in [-0.25, -0.2) is 4.39 Å². The van der Waals surface area contributed by atoms with Crippen LogP contribution in [0.5, 0.6) is 0 Å². The molecule has 3 atom stereocenters. The maximum absolute atomic E-state index is 15.1. The lowest BCUT2D eigenvalue weighted by Crippen LogP contribution is -2.61. The summed E-state index contributed by atoms with van der Waals surface area (Å²) >= 11 is 0. The summed E-state index contributed by atoms with van der Waals surface area (Å²) in [6, 6.07) is -0.532.